The molecule has 0 spiro atoms. The molecule has 28 heavy (non-hydrogen) atoms. The third-order valence-electron chi connectivity index (χ3n) is 10.2. The fourth-order valence-electron chi connectivity index (χ4n) is 8.73. The maximum atomic E-state index is 11.2. The van der Waals surface area contributed by atoms with Crippen molar-refractivity contribution in [2.75, 3.05) is 0 Å². The van der Waals surface area contributed by atoms with E-state index < -0.39 is 5.97 Å². The van der Waals surface area contributed by atoms with Crippen molar-refractivity contribution in [3.05, 3.63) is 0 Å². The van der Waals surface area contributed by atoms with E-state index in [1.165, 1.54) is 25.7 Å². The van der Waals surface area contributed by atoms with Gasteiger partial charge in [-0.15, -0.1) is 0 Å². The van der Waals surface area contributed by atoms with E-state index in [9.17, 15) is 15.0 Å². The van der Waals surface area contributed by atoms with Gasteiger partial charge in [0, 0.05) is 6.42 Å². The van der Waals surface area contributed by atoms with Crippen LogP contribution >= 0.6 is 0 Å². The molecule has 0 unspecified atom stereocenters. The van der Waals surface area contributed by atoms with Crippen LogP contribution in [-0.4, -0.2) is 33.5 Å². The SMILES string of the molecule is C[C@H](CCC(=O)O)[C@@H]1CC[C@H]2[C@H]3[C@@H](CC[C@@]21C)[C@@]1(C)CC[C@@H](O)C[C@H]1C[C@@H]3O. The maximum absolute atomic E-state index is 11.2. The number of fused-ring (bicyclic) bond motifs is 5. The molecule has 3 N–H and O–H groups in total. The molecular weight excluding hydrogens is 352 g/mol. The Balaban J connectivity index is 1.55. The predicted octanol–water partition coefficient (Wildman–Crippen LogP) is 4.48. The Hall–Kier alpha value is -0.610. The molecule has 4 aliphatic rings. The van der Waals surface area contributed by atoms with Crippen LogP contribution in [0.2, 0.25) is 0 Å². The van der Waals surface area contributed by atoms with Gasteiger partial charge in [-0.05, 0) is 104 Å². The Morgan fingerprint density at radius 3 is 2.39 bits per heavy atom. The van der Waals surface area contributed by atoms with Crippen LogP contribution in [0.4, 0.5) is 0 Å². The molecular formula is C24H40O4. The molecule has 4 nitrogen and oxygen atoms in total. The molecule has 0 saturated heterocycles. The van der Waals surface area contributed by atoms with Gasteiger partial charge in [-0.1, -0.05) is 20.8 Å². The number of carboxylic acids is 1. The number of rotatable bonds is 4. The molecule has 0 aromatic carbocycles. The topological polar surface area (TPSA) is 77.8 Å². The second-order valence-corrected chi connectivity index (χ2v) is 11.4. The van der Waals surface area contributed by atoms with Crippen molar-refractivity contribution < 1.29 is 20.1 Å². The zero-order valence-electron chi connectivity index (χ0n) is 17.9. The summed E-state index contributed by atoms with van der Waals surface area (Å²) in [6.45, 7) is 7.16. The number of hydrogen-bond acceptors (Lipinski definition) is 3. The maximum Gasteiger partial charge on any atom is 0.303 e. The van der Waals surface area contributed by atoms with Crippen LogP contribution in [0.3, 0.4) is 0 Å². The van der Waals surface area contributed by atoms with Crippen molar-refractivity contribution in [1.29, 1.82) is 0 Å². The van der Waals surface area contributed by atoms with Crippen LogP contribution in [0.5, 0.6) is 0 Å². The summed E-state index contributed by atoms with van der Waals surface area (Å²) in [5.74, 6) is 2.36. The number of carbonyl (C=O) groups is 1. The van der Waals surface area contributed by atoms with Gasteiger partial charge in [-0.2, -0.15) is 0 Å². The van der Waals surface area contributed by atoms with E-state index in [1.54, 1.807) is 0 Å². The first-order valence-electron chi connectivity index (χ1n) is 11.7. The zero-order chi connectivity index (χ0) is 20.3. The lowest BCUT2D eigenvalue weighted by Crippen LogP contribution is -2.58. The molecule has 0 bridgehead atoms. The molecule has 4 rings (SSSR count). The Morgan fingerprint density at radius 2 is 1.68 bits per heavy atom. The smallest absolute Gasteiger partial charge is 0.303 e. The summed E-state index contributed by atoms with van der Waals surface area (Å²) in [4.78, 5) is 11.1. The minimum absolute atomic E-state index is 0.179. The number of aliphatic hydroxyl groups excluding tert-OH is 2. The third-order valence-corrected chi connectivity index (χ3v) is 10.2. The van der Waals surface area contributed by atoms with Crippen LogP contribution in [0.25, 0.3) is 0 Å². The van der Waals surface area contributed by atoms with Crippen molar-refractivity contribution in [3.8, 4) is 0 Å². The van der Waals surface area contributed by atoms with Crippen molar-refractivity contribution in [3.63, 3.8) is 0 Å². The van der Waals surface area contributed by atoms with Crippen LogP contribution in [-0.2, 0) is 4.79 Å². The van der Waals surface area contributed by atoms with Crippen LogP contribution in [0, 0.1) is 46.3 Å². The van der Waals surface area contributed by atoms with Crippen molar-refractivity contribution in [1.82, 2.24) is 0 Å². The first-order chi connectivity index (χ1) is 13.2. The minimum Gasteiger partial charge on any atom is -0.481 e. The molecule has 4 aliphatic carbocycles. The number of carboxylic acid groups (broad SMARTS) is 1. The quantitative estimate of drug-likeness (QED) is 0.659. The van der Waals surface area contributed by atoms with E-state index >= 15 is 0 Å². The van der Waals surface area contributed by atoms with Crippen LogP contribution < -0.4 is 0 Å². The normalized spacial score (nSPS) is 51.7. The monoisotopic (exact) mass is 392 g/mol. The molecule has 4 heteroatoms. The molecule has 0 radical (unpaired) electrons. The van der Waals surface area contributed by atoms with Gasteiger partial charge in [0.1, 0.15) is 0 Å². The Kier molecular flexibility index (Phi) is 5.36. The highest BCUT2D eigenvalue weighted by molar-refractivity contribution is 5.66. The van der Waals surface area contributed by atoms with E-state index in [0.29, 0.717) is 35.5 Å². The van der Waals surface area contributed by atoms with Crippen LogP contribution in [0.15, 0.2) is 0 Å². The lowest BCUT2D eigenvalue weighted by Gasteiger charge is -2.62. The van der Waals surface area contributed by atoms with Crippen molar-refractivity contribution in [2.45, 2.75) is 97.2 Å². The van der Waals surface area contributed by atoms with E-state index in [2.05, 4.69) is 20.8 Å². The second kappa shape index (κ2) is 7.27. The Morgan fingerprint density at radius 1 is 1.00 bits per heavy atom. The largest absolute Gasteiger partial charge is 0.481 e. The van der Waals surface area contributed by atoms with Crippen LogP contribution in [0.1, 0.15) is 85.0 Å². The molecule has 4 saturated carbocycles. The summed E-state index contributed by atoms with van der Waals surface area (Å²) < 4.78 is 0. The fourth-order valence-corrected chi connectivity index (χ4v) is 8.73. The standard InChI is InChI=1S/C24H40O4/c1-14(4-7-21(27)28)17-5-6-18-22-19(9-11-24(17,18)3)23(2)10-8-16(25)12-15(23)13-20(22)26/h14-20,22,25-26H,4-13H2,1-3H3,(H,27,28)/t14-,15+,16-,17+,18+,19-,20+,22+,23+,24-/m1/s1. The average molecular weight is 393 g/mol. The number of aliphatic hydroxyl groups is 2. The summed E-state index contributed by atoms with van der Waals surface area (Å²) in [6, 6.07) is 0. The molecule has 0 aromatic heterocycles. The van der Waals surface area contributed by atoms with Gasteiger partial charge < -0.3 is 15.3 Å². The molecule has 10 atom stereocenters. The number of aliphatic carboxylic acids is 1. The summed E-state index contributed by atoms with van der Waals surface area (Å²) in [5.41, 5.74) is 0.523. The molecule has 0 heterocycles. The van der Waals surface area contributed by atoms with Gasteiger partial charge in [0.05, 0.1) is 12.2 Å². The highest BCUT2D eigenvalue weighted by atomic mass is 16.4. The first kappa shape index (κ1) is 20.7. The zero-order valence-corrected chi connectivity index (χ0v) is 17.9. The molecule has 0 aromatic rings. The van der Waals surface area contributed by atoms with E-state index in [1.807, 2.05) is 0 Å². The van der Waals surface area contributed by atoms with Gasteiger partial charge in [-0.3, -0.25) is 4.79 Å². The predicted molar refractivity (Wildman–Crippen MR) is 109 cm³/mol. The fraction of sp³-hybridized carbons (Fsp3) is 0.958. The molecule has 0 amide bonds. The van der Waals surface area contributed by atoms with E-state index in [4.69, 9.17) is 5.11 Å². The lowest BCUT2D eigenvalue weighted by molar-refractivity contribution is -0.174. The highest BCUT2D eigenvalue weighted by Crippen LogP contribution is 2.68. The summed E-state index contributed by atoms with van der Waals surface area (Å²) >= 11 is 0. The molecule has 4 fully saturated rings. The van der Waals surface area contributed by atoms with Crippen molar-refractivity contribution >= 4 is 5.97 Å². The Bertz CT molecular complexity index is 605. The second-order valence-electron chi connectivity index (χ2n) is 11.4. The minimum atomic E-state index is -0.684. The van der Waals surface area contributed by atoms with Gasteiger partial charge in [0.2, 0.25) is 0 Å². The van der Waals surface area contributed by atoms with Gasteiger partial charge >= 0.3 is 5.97 Å². The lowest BCUT2D eigenvalue weighted by atomic mass is 9.43. The molecule has 160 valence electrons. The summed E-state index contributed by atoms with van der Waals surface area (Å²) in [7, 11) is 0. The number of hydrogen-bond donors (Lipinski definition) is 3. The van der Waals surface area contributed by atoms with Gasteiger partial charge in [-0.25, -0.2) is 0 Å². The van der Waals surface area contributed by atoms with E-state index in [-0.39, 0.29) is 29.5 Å². The van der Waals surface area contributed by atoms with Gasteiger partial charge in [0.15, 0.2) is 0 Å². The van der Waals surface area contributed by atoms with E-state index in [0.717, 1.165) is 32.1 Å². The highest BCUT2D eigenvalue weighted by Gasteiger charge is 2.62. The first-order valence-corrected chi connectivity index (χ1v) is 11.7. The third kappa shape index (κ3) is 3.14. The average Bonchev–Trinajstić information content (AvgIpc) is 2.98. The van der Waals surface area contributed by atoms with Crippen molar-refractivity contribution in [2.24, 2.45) is 46.3 Å². The molecule has 0 aliphatic heterocycles. The Labute approximate surface area is 170 Å². The van der Waals surface area contributed by atoms with Gasteiger partial charge in [0.25, 0.3) is 0 Å². The summed E-state index contributed by atoms with van der Waals surface area (Å²) in [5, 5.41) is 30.5. The summed E-state index contributed by atoms with van der Waals surface area (Å²) in [6.07, 6.45) is 9.19.